The Bertz CT molecular complexity index is 641. The summed E-state index contributed by atoms with van der Waals surface area (Å²) >= 11 is 0. The van der Waals surface area contributed by atoms with Crippen molar-refractivity contribution in [1.82, 2.24) is 5.32 Å². The Labute approximate surface area is 133 Å². The van der Waals surface area contributed by atoms with Crippen molar-refractivity contribution < 1.29 is 24.2 Å². The lowest BCUT2D eigenvalue weighted by Crippen LogP contribution is -2.45. The van der Waals surface area contributed by atoms with Gasteiger partial charge in [0.05, 0.1) is 5.69 Å². The molecule has 1 saturated carbocycles. The second kappa shape index (κ2) is 6.28. The van der Waals surface area contributed by atoms with Crippen LogP contribution in [0.25, 0.3) is 0 Å². The van der Waals surface area contributed by atoms with E-state index in [4.69, 9.17) is 9.84 Å². The third-order valence-corrected chi connectivity index (χ3v) is 4.05. The molecule has 1 heterocycles. The predicted molar refractivity (Wildman–Crippen MR) is 81.2 cm³/mol. The van der Waals surface area contributed by atoms with Crippen LogP contribution >= 0.6 is 0 Å². The largest absolute Gasteiger partial charge is 0.482 e. The molecular weight excluding hydrogens is 300 g/mol. The Hall–Kier alpha value is -2.57. The monoisotopic (exact) mass is 318 g/mol. The zero-order valence-corrected chi connectivity index (χ0v) is 12.5. The van der Waals surface area contributed by atoms with Crippen molar-refractivity contribution >= 4 is 23.5 Å². The molecule has 122 valence electrons. The summed E-state index contributed by atoms with van der Waals surface area (Å²) in [6.07, 6.45) is 1.70. The minimum Gasteiger partial charge on any atom is -0.482 e. The van der Waals surface area contributed by atoms with Crippen LogP contribution in [0.5, 0.6) is 5.75 Å². The van der Waals surface area contributed by atoms with Gasteiger partial charge in [-0.1, -0.05) is 12.1 Å². The Kier molecular flexibility index (Phi) is 4.18. The van der Waals surface area contributed by atoms with Gasteiger partial charge in [-0.05, 0) is 30.9 Å². The summed E-state index contributed by atoms with van der Waals surface area (Å²) in [5.41, 5.74) is 0.633. The number of anilines is 1. The molecule has 23 heavy (non-hydrogen) atoms. The minimum absolute atomic E-state index is 0.0298. The molecule has 1 aromatic rings. The number of rotatable bonds is 6. The van der Waals surface area contributed by atoms with Crippen LogP contribution < -0.4 is 15.0 Å². The maximum Gasteiger partial charge on any atom is 0.326 e. The number of hydrogen-bond donors (Lipinski definition) is 2. The number of ether oxygens (including phenoxy) is 1. The number of nitrogens with zero attached hydrogens (tertiary/aromatic N) is 1. The van der Waals surface area contributed by atoms with E-state index < -0.39 is 12.0 Å². The lowest BCUT2D eigenvalue weighted by Gasteiger charge is -2.29. The summed E-state index contributed by atoms with van der Waals surface area (Å²) < 4.78 is 5.34. The zero-order chi connectivity index (χ0) is 16.4. The van der Waals surface area contributed by atoms with E-state index in [2.05, 4.69) is 5.32 Å². The summed E-state index contributed by atoms with van der Waals surface area (Å²) in [6, 6.07) is 6.31. The van der Waals surface area contributed by atoms with E-state index in [0.717, 1.165) is 12.8 Å². The highest BCUT2D eigenvalue weighted by Gasteiger charge is 2.37. The van der Waals surface area contributed by atoms with Crippen LogP contribution in [-0.4, -0.2) is 42.1 Å². The number of aliphatic carboxylic acids is 1. The molecule has 1 aliphatic carbocycles. The van der Waals surface area contributed by atoms with Crippen LogP contribution in [0.3, 0.4) is 0 Å². The van der Waals surface area contributed by atoms with Gasteiger partial charge in [-0.3, -0.25) is 9.59 Å². The molecule has 0 aromatic heterocycles. The molecule has 2 amide bonds. The molecule has 1 unspecified atom stereocenters. The molecule has 7 nitrogen and oxygen atoms in total. The molecule has 0 saturated heterocycles. The molecule has 2 N–H and O–H groups in total. The number of hydrogen-bond acceptors (Lipinski definition) is 4. The lowest BCUT2D eigenvalue weighted by atomic mass is 10.1. The van der Waals surface area contributed by atoms with Gasteiger partial charge in [0.1, 0.15) is 11.8 Å². The molecule has 7 heteroatoms. The zero-order valence-electron chi connectivity index (χ0n) is 12.5. The lowest BCUT2D eigenvalue weighted by molar-refractivity contribution is -0.142. The minimum atomic E-state index is -1.01. The van der Waals surface area contributed by atoms with Crippen molar-refractivity contribution in [3.05, 3.63) is 24.3 Å². The Morgan fingerprint density at radius 2 is 2.09 bits per heavy atom. The van der Waals surface area contributed by atoms with Crippen molar-refractivity contribution in [2.45, 2.75) is 25.3 Å². The number of carboxylic acids is 1. The summed E-state index contributed by atoms with van der Waals surface area (Å²) in [7, 11) is 0. The number of amides is 2. The standard InChI is InChI=1S/C16H18N2O5/c19-13(17-15(16(21)22)10-5-6-10)7-8-18-11-3-1-2-4-12(11)23-9-14(18)20/h1-4,10,15H,5-9H2,(H,17,19)(H,21,22). The van der Waals surface area contributed by atoms with Gasteiger partial charge in [-0.15, -0.1) is 0 Å². The highest BCUT2D eigenvalue weighted by atomic mass is 16.5. The average Bonchev–Trinajstić information content (AvgIpc) is 3.36. The van der Waals surface area contributed by atoms with E-state index in [0.29, 0.717) is 11.4 Å². The highest BCUT2D eigenvalue weighted by Crippen LogP contribution is 2.33. The second-order valence-electron chi connectivity index (χ2n) is 5.77. The van der Waals surface area contributed by atoms with Crippen molar-refractivity contribution in [2.24, 2.45) is 5.92 Å². The fraction of sp³-hybridized carbons (Fsp3) is 0.438. The van der Waals surface area contributed by atoms with Gasteiger partial charge in [-0.2, -0.15) is 0 Å². The first kappa shape index (κ1) is 15.3. The number of nitrogens with one attached hydrogen (secondary N) is 1. The van der Waals surface area contributed by atoms with Gasteiger partial charge in [0, 0.05) is 13.0 Å². The van der Waals surface area contributed by atoms with E-state index in [9.17, 15) is 14.4 Å². The molecule has 3 rings (SSSR count). The Morgan fingerprint density at radius 1 is 1.35 bits per heavy atom. The Morgan fingerprint density at radius 3 is 2.78 bits per heavy atom. The molecule has 1 atom stereocenters. The topological polar surface area (TPSA) is 95.9 Å². The molecular formula is C16H18N2O5. The van der Waals surface area contributed by atoms with Gasteiger partial charge < -0.3 is 20.1 Å². The fourth-order valence-electron chi connectivity index (χ4n) is 2.67. The van der Waals surface area contributed by atoms with Crippen LogP contribution in [0.15, 0.2) is 24.3 Å². The number of carboxylic acid groups (broad SMARTS) is 1. The summed E-state index contributed by atoms with van der Waals surface area (Å²) in [4.78, 5) is 36.6. The second-order valence-corrected chi connectivity index (χ2v) is 5.77. The maximum absolute atomic E-state index is 12.0. The van der Waals surface area contributed by atoms with E-state index in [1.54, 1.807) is 18.2 Å². The quantitative estimate of drug-likeness (QED) is 0.808. The van der Waals surface area contributed by atoms with Gasteiger partial charge in [0.25, 0.3) is 5.91 Å². The van der Waals surface area contributed by atoms with E-state index >= 15 is 0 Å². The molecule has 0 radical (unpaired) electrons. The van der Waals surface area contributed by atoms with Gasteiger partial charge in [0.2, 0.25) is 5.91 Å². The summed E-state index contributed by atoms with van der Waals surface area (Å²) in [5, 5.41) is 11.7. The molecule has 1 aromatic carbocycles. The van der Waals surface area contributed by atoms with Crippen molar-refractivity contribution in [1.29, 1.82) is 0 Å². The van der Waals surface area contributed by atoms with Crippen LogP contribution in [0.4, 0.5) is 5.69 Å². The third-order valence-electron chi connectivity index (χ3n) is 4.05. The first-order valence-electron chi connectivity index (χ1n) is 7.60. The fourth-order valence-corrected chi connectivity index (χ4v) is 2.67. The van der Waals surface area contributed by atoms with E-state index in [1.807, 2.05) is 6.07 Å². The smallest absolute Gasteiger partial charge is 0.326 e. The highest BCUT2D eigenvalue weighted by molar-refractivity contribution is 5.98. The van der Waals surface area contributed by atoms with Crippen molar-refractivity contribution in [3.8, 4) is 5.75 Å². The first-order valence-corrected chi connectivity index (χ1v) is 7.60. The average molecular weight is 318 g/mol. The van der Waals surface area contributed by atoms with E-state index in [1.165, 1.54) is 4.90 Å². The first-order chi connectivity index (χ1) is 11.1. The number of carbonyl (C=O) groups is 3. The Balaban J connectivity index is 1.60. The van der Waals surface area contributed by atoms with Crippen LogP contribution in [0, 0.1) is 5.92 Å². The molecule has 0 spiro atoms. The van der Waals surface area contributed by atoms with Gasteiger partial charge in [-0.25, -0.2) is 4.79 Å². The van der Waals surface area contributed by atoms with Gasteiger partial charge >= 0.3 is 5.97 Å². The van der Waals surface area contributed by atoms with Crippen LogP contribution in [0.1, 0.15) is 19.3 Å². The molecule has 1 fully saturated rings. The number of para-hydroxylation sites is 2. The molecule has 0 bridgehead atoms. The predicted octanol–water partition coefficient (Wildman–Crippen LogP) is 0.781. The summed E-state index contributed by atoms with van der Waals surface area (Å²) in [5.74, 6) is -0.945. The number of carbonyl (C=O) groups excluding carboxylic acids is 2. The van der Waals surface area contributed by atoms with Crippen molar-refractivity contribution in [2.75, 3.05) is 18.1 Å². The SMILES string of the molecule is O=C(CCN1C(=O)COc2ccccc21)NC(C(=O)O)C1CC1. The van der Waals surface area contributed by atoms with Crippen LogP contribution in [-0.2, 0) is 14.4 Å². The normalized spacial score (nSPS) is 17.9. The molecule has 2 aliphatic rings. The maximum atomic E-state index is 12.0. The van der Waals surface area contributed by atoms with Crippen molar-refractivity contribution in [3.63, 3.8) is 0 Å². The summed E-state index contributed by atoms with van der Waals surface area (Å²) in [6.45, 7) is 0.139. The van der Waals surface area contributed by atoms with E-state index in [-0.39, 0.29) is 37.3 Å². The number of benzene rings is 1. The van der Waals surface area contributed by atoms with Crippen LogP contribution in [0.2, 0.25) is 0 Å². The third kappa shape index (κ3) is 3.44. The number of fused-ring (bicyclic) bond motifs is 1. The molecule has 1 aliphatic heterocycles. The van der Waals surface area contributed by atoms with Gasteiger partial charge in [0.15, 0.2) is 6.61 Å².